The molecule has 0 saturated heterocycles. The van der Waals surface area contributed by atoms with E-state index in [1.54, 1.807) is 6.92 Å². The average molecular weight is 317 g/mol. The molecule has 0 aliphatic rings. The fraction of sp³-hybridized carbons (Fsp3) is 0.333. The lowest BCUT2D eigenvalue weighted by Crippen LogP contribution is -2.14. The monoisotopic (exact) mass is 316 g/mol. The van der Waals surface area contributed by atoms with Gasteiger partial charge in [-0.2, -0.15) is 0 Å². The van der Waals surface area contributed by atoms with E-state index in [4.69, 9.17) is 9.84 Å². The van der Waals surface area contributed by atoms with Crippen molar-refractivity contribution in [3.63, 3.8) is 0 Å². The molecule has 2 atom stereocenters. The van der Waals surface area contributed by atoms with Crippen LogP contribution in [-0.2, 0) is 4.79 Å². The van der Waals surface area contributed by atoms with Crippen molar-refractivity contribution in [3.8, 4) is 5.75 Å². The number of hydrogen-bond acceptors (Lipinski definition) is 4. The van der Waals surface area contributed by atoms with Crippen LogP contribution in [0.1, 0.15) is 28.9 Å². The van der Waals surface area contributed by atoms with Crippen LogP contribution >= 0.6 is 15.9 Å². The Labute approximate surface area is 113 Å². The fourth-order valence-electron chi connectivity index (χ4n) is 1.45. The lowest BCUT2D eigenvalue weighted by atomic mass is 10.0. The number of aliphatic hydroxyl groups is 1. The van der Waals surface area contributed by atoms with Crippen molar-refractivity contribution in [2.75, 3.05) is 7.11 Å². The van der Waals surface area contributed by atoms with Crippen molar-refractivity contribution < 1.29 is 24.5 Å². The molecule has 1 aromatic carbocycles. The number of alkyl halides is 1. The van der Waals surface area contributed by atoms with Gasteiger partial charge in [0, 0.05) is 11.1 Å². The average Bonchev–Trinajstić information content (AvgIpc) is 2.35. The Morgan fingerprint density at radius 3 is 2.44 bits per heavy atom. The van der Waals surface area contributed by atoms with E-state index in [-0.39, 0.29) is 21.9 Å². The van der Waals surface area contributed by atoms with Gasteiger partial charge in [0.2, 0.25) is 0 Å². The topological polar surface area (TPSA) is 83.8 Å². The Bertz CT molecular complexity index is 470. The normalized spacial score (nSPS) is 13.8. The number of halogens is 1. The number of aliphatic hydroxyl groups excluding tert-OH is 1. The number of ether oxygens (including phenoxy) is 1. The third kappa shape index (κ3) is 3.08. The number of carbonyl (C=O) groups is 2. The molecule has 2 N–H and O–H groups in total. The van der Waals surface area contributed by atoms with Crippen molar-refractivity contribution >= 4 is 27.7 Å². The summed E-state index contributed by atoms with van der Waals surface area (Å²) in [4.78, 5) is 22.1. The zero-order valence-electron chi connectivity index (χ0n) is 9.88. The van der Waals surface area contributed by atoms with Gasteiger partial charge in [-0.15, -0.1) is 0 Å². The number of methoxy groups -OCH3 is 1. The summed E-state index contributed by atoms with van der Waals surface area (Å²) >= 11 is 3.16. The predicted molar refractivity (Wildman–Crippen MR) is 68.3 cm³/mol. The standard InChI is InChI=1S/C12H13BrO5/c1-6(13)10(14)7-3-4-8(9(5-7)18-2)11(15)12(16)17/h3-6,11,15H,1-2H3,(H,16,17). The number of benzene rings is 1. The first-order valence-electron chi connectivity index (χ1n) is 5.15. The first kappa shape index (κ1) is 14.7. The highest BCUT2D eigenvalue weighted by Gasteiger charge is 2.22. The van der Waals surface area contributed by atoms with Crippen LogP contribution in [0.5, 0.6) is 5.75 Å². The number of carboxylic acids is 1. The van der Waals surface area contributed by atoms with Crippen LogP contribution in [0.4, 0.5) is 0 Å². The minimum Gasteiger partial charge on any atom is -0.496 e. The van der Waals surface area contributed by atoms with E-state index in [9.17, 15) is 14.7 Å². The Morgan fingerprint density at radius 1 is 1.39 bits per heavy atom. The molecule has 98 valence electrons. The molecular weight excluding hydrogens is 304 g/mol. The quantitative estimate of drug-likeness (QED) is 0.639. The van der Waals surface area contributed by atoms with Gasteiger partial charge in [0.05, 0.1) is 11.9 Å². The van der Waals surface area contributed by atoms with Crippen LogP contribution in [-0.4, -0.2) is 33.9 Å². The molecule has 0 radical (unpaired) electrons. The first-order valence-corrected chi connectivity index (χ1v) is 6.07. The molecule has 0 aromatic heterocycles. The van der Waals surface area contributed by atoms with E-state index in [2.05, 4.69) is 15.9 Å². The van der Waals surface area contributed by atoms with E-state index in [1.165, 1.54) is 25.3 Å². The van der Waals surface area contributed by atoms with Crippen molar-refractivity contribution in [1.82, 2.24) is 0 Å². The predicted octanol–water partition coefficient (Wildman–Crippen LogP) is 1.78. The smallest absolute Gasteiger partial charge is 0.337 e. The van der Waals surface area contributed by atoms with Gasteiger partial charge in [0.1, 0.15) is 5.75 Å². The van der Waals surface area contributed by atoms with Crippen LogP contribution in [0.15, 0.2) is 18.2 Å². The lowest BCUT2D eigenvalue weighted by Gasteiger charge is -2.13. The summed E-state index contributed by atoms with van der Waals surface area (Å²) in [7, 11) is 1.35. The second-order valence-corrected chi connectivity index (χ2v) is 5.05. The summed E-state index contributed by atoms with van der Waals surface area (Å²) in [6.45, 7) is 1.69. The van der Waals surface area contributed by atoms with Crippen LogP contribution in [0, 0.1) is 0 Å². The molecule has 1 rings (SSSR count). The van der Waals surface area contributed by atoms with Crippen molar-refractivity contribution in [1.29, 1.82) is 0 Å². The molecule has 0 saturated carbocycles. The van der Waals surface area contributed by atoms with Gasteiger partial charge in [-0.3, -0.25) is 4.79 Å². The van der Waals surface area contributed by atoms with Gasteiger partial charge in [0.25, 0.3) is 0 Å². The molecular formula is C12H13BrO5. The van der Waals surface area contributed by atoms with E-state index in [0.29, 0.717) is 5.56 Å². The molecule has 0 amide bonds. The highest BCUT2D eigenvalue weighted by Crippen LogP contribution is 2.27. The lowest BCUT2D eigenvalue weighted by molar-refractivity contribution is -0.147. The Morgan fingerprint density at radius 2 is 2.00 bits per heavy atom. The molecule has 0 aliphatic carbocycles. The number of carbonyl (C=O) groups excluding carboxylic acids is 1. The maximum absolute atomic E-state index is 11.7. The number of Topliss-reactive ketones (excluding diaryl/α,β-unsaturated/α-hetero) is 1. The zero-order chi connectivity index (χ0) is 13.9. The zero-order valence-corrected chi connectivity index (χ0v) is 11.5. The molecule has 2 unspecified atom stereocenters. The minimum absolute atomic E-state index is 0.115. The third-order valence-corrected chi connectivity index (χ3v) is 2.82. The van der Waals surface area contributed by atoms with Crippen LogP contribution < -0.4 is 4.74 Å². The maximum atomic E-state index is 11.7. The SMILES string of the molecule is COc1cc(C(=O)C(C)Br)ccc1C(O)C(=O)O. The van der Waals surface area contributed by atoms with Gasteiger partial charge in [-0.1, -0.05) is 28.1 Å². The van der Waals surface area contributed by atoms with E-state index >= 15 is 0 Å². The molecule has 1 aromatic rings. The van der Waals surface area contributed by atoms with Crippen LogP contribution in [0.25, 0.3) is 0 Å². The first-order chi connectivity index (χ1) is 8.38. The number of aliphatic carboxylic acids is 1. The molecule has 0 spiro atoms. The summed E-state index contributed by atoms with van der Waals surface area (Å²) in [5, 5.41) is 18.2. The molecule has 0 fully saturated rings. The van der Waals surface area contributed by atoms with Crippen molar-refractivity contribution in [2.24, 2.45) is 0 Å². The second-order valence-electron chi connectivity index (χ2n) is 3.68. The van der Waals surface area contributed by atoms with Gasteiger partial charge in [0.15, 0.2) is 11.9 Å². The highest BCUT2D eigenvalue weighted by atomic mass is 79.9. The molecule has 5 nitrogen and oxygen atoms in total. The van der Waals surface area contributed by atoms with Crippen molar-refractivity contribution in [3.05, 3.63) is 29.3 Å². The largest absolute Gasteiger partial charge is 0.496 e. The number of rotatable bonds is 5. The molecule has 0 heterocycles. The summed E-state index contributed by atoms with van der Waals surface area (Å²) in [5.74, 6) is -1.35. The Kier molecular flexibility index (Phi) is 4.86. The number of ketones is 1. The van der Waals surface area contributed by atoms with Gasteiger partial charge in [-0.05, 0) is 13.0 Å². The Balaban J connectivity index is 3.19. The summed E-state index contributed by atoms with van der Waals surface area (Å²) < 4.78 is 5.00. The van der Waals surface area contributed by atoms with Crippen molar-refractivity contribution in [2.45, 2.75) is 17.9 Å². The van der Waals surface area contributed by atoms with Gasteiger partial charge < -0.3 is 14.9 Å². The number of carboxylic acid groups (broad SMARTS) is 1. The molecule has 0 bridgehead atoms. The third-order valence-electron chi connectivity index (χ3n) is 2.41. The summed E-state index contributed by atoms with van der Waals surface area (Å²) in [6, 6.07) is 4.26. The van der Waals surface area contributed by atoms with E-state index in [0.717, 1.165) is 0 Å². The number of hydrogen-bond donors (Lipinski definition) is 2. The highest BCUT2D eigenvalue weighted by molar-refractivity contribution is 9.10. The Hall–Kier alpha value is -1.40. The van der Waals surface area contributed by atoms with Gasteiger partial charge in [-0.25, -0.2) is 4.79 Å². The van der Waals surface area contributed by atoms with Crippen LogP contribution in [0.2, 0.25) is 0 Å². The summed E-state index contributed by atoms with van der Waals surface area (Å²) in [6.07, 6.45) is -1.68. The van der Waals surface area contributed by atoms with Gasteiger partial charge >= 0.3 is 5.97 Å². The van der Waals surface area contributed by atoms with Crippen LogP contribution in [0.3, 0.4) is 0 Å². The van der Waals surface area contributed by atoms with E-state index in [1.807, 2.05) is 0 Å². The summed E-state index contributed by atoms with van der Waals surface area (Å²) in [5.41, 5.74) is 0.501. The fourth-order valence-corrected chi connectivity index (χ4v) is 1.72. The minimum atomic E-state index is -1.68. The van der Waals surface area contributed by atoms with E-state index < -0.39 is 12.1 Å². The maximum Gasteiger partial charge on any atom is 0.337 e. The molecule has 0 aliphatic heterocycles. The second kappa shape index (κ2) is 5.97. The molecule has 6 heteroatoms. The molecule has 18 heavy (non-hydrogen) atoms.